The fourth-order valence-electron chi connectivity index (χ4n) is 13.4. The quantitative estimate of drug-likeness (QED) is 0.0988. The lowest BCUT2D eigenvalue weighted by molar-refractivity contribution is 0.0651. The molecule has 0 spiro atoms. The number of hydrogen-bond acceptors (Lipinski definition) is 12. The topological polar surface area (TPSA) is 178 Å². The first-order chi connectivity index (χ1) is 50.4. The highest BCUT2D eigenvalue weighted by atomic mass is 35.5. The Balaban J connectivity index is 0.000000139. The molecular weight excluding hydrogens is 1460 g/mol. The van der Waals surface area contributed by atoms with Gasteiger partial charge < -0.3 is 24.0 Å². The molecule has 6 aliphatic rings. The molecule has 0 radical (unpaired) electrons. The van der Waals surface area contributed by atoms with E-state index in [1.54, 1.807) is 105 Å². The summed E-state index contributed by atoms with van der Waals surface area (Å²) >= 11 is 38.0. The van der Waals surface area contributed by atoms with Gasteiger partial charge in [-0.15, -0.1) is 0 Å². The van der Waals surface area contributed by atoms with Gasteiger partial charge in [-0.25, -0.2) is 37.7 Å². The molecule has 0 bridgehead atoms. The Hall–Kier alpha value is -8.13. The maximum atomic E-state index is 13.6. The molecule has 0 atom stereocenters. The molecule has 3 aromatic heterocycles. The molecule has 104 heavy (non-hydrogen) atoms. The number of carbonyl (C=O) groups is 3. The Bertz CT molecular complexity index is 4730. The Labute approximate surface area is 629 Å². The van der Waals surface area contributed by atoms with Crippen molar-refractivity contribution in [3.05, 3.63) is 243 Å². The molecule has 3 amide bonds. The zero-order chi connectivity index (χ0) is 72.5. The number of aromatic nitrogens is 6. The number of amides is 3. The molecule has 0 unspecified atom stereocenters. The van der Waals surface area contributed by atoms with E-state index >= 15 is 0 Å². The fourth-order valence-corrected chi connectivity index (χ4v) is 14.9. The van der Waals surface area contributed by atoms with Crippen LogP contribution in [0.2, 0.25) is 30.1 Å². The molecule has 15 rings (SSSR count). The predicted molar refractivity (Wildman–Crippen MR) is 401 cm³/mol. The largest absolute Gasteiger partial charge is 0.372 e. The van der Waals surface area contributed by atoms with Gasteiger partial charge in [0.25, 0.3) is 17.7 Å². The van der Waals surface area contributed by atoms with E-state index in [4.69, 9.17) is 94.0 Å². The summed E-state index contributed by atoms with van der Waals surface area (Å²) in [4.78, 5) is 44.3. The maximum absolute atomic E-state index is 13.6. The highest BCUT2D eigenvalue weighted by molar-refractivity contribution is 6.37. The molecule has 27 heteroatoms. The third-order valence-corrected chi connectivity index (χ3v) is 20.3. The molecule has 5 aliphatic heterocycles. The van der Waals surface area contributed by atoms with E-state index in [1.165, 1.54) is 42.8 Å². The van der Waals surface area contributed by atoms with Gasteiger partial charge in [0.2, 0.25) is 0 Å². The van der Waals surface area contributed by atoms with E-state index in [0.717, 1.165) is 147 Å². The summed E-state index contributed by atoms with van der Waals surface area (Å²) in [5.74, 6) is -1.65. The number of benzene rings is 6. The summed E-state index contributed by atoms with van der Waals surface area (Å²) in [5.41, 5.74) is 20.9. The van der Waals surface area contributed by atoms with Gasteiger partial charge in [-0.1, -0.05) is 138 Å². The zero-order valence-corrected chi connectivity index (χ0v) is 61.2. The summed E-state index contributed by atoms with van der Waals surface area (Å²) in [6.07, 6.45) is 15.6. The second-order valence-corrected chi connectivity index (χ2v) is 28.6. The van der Waals surface area contributed by atoms with Gasteiger partial charge in [0.1, 0.15) is 17.5 Å². The lowest BCUT2D eigenvalue weighted by Gasteiger charge is -2.32. The predicted octanol–water partition coefficient (Wildman–Crippen LogP) is 16.6. The van der Waals surface area contributed by atoms with E-state index in [2.05, 4.69) is 33.3 Å². The van der Waals surface area contributed by atoms with Crippen molar-refractivity contribution in [1.82, 2.24) is 60.4 Å². The minimum Gasteiger partial charge on any atom is -0.372 e. The lowest BCUT2D eigenvalue weighted by Crippen LogP contribution is -2.52. The first-order valence-electron chi connectivity index (χ1n) is 34.3. The molecule has 3 fully saturated rings. The van der Waals surface area contributed by atoms with Gasteiger partial charge in [-0.3, -0.25) is 25.2 Å². The van der Waals surface area contributed by atoms with Crippen LogP contribution in [0.5, 0.6) is 0 Å². The van der Waals surface area contributed by atoms with E-state index in [-0.39, 0.29) is 72.4 Å². The smallest absolute Gasteiger partial charge is 0.286 e. The van der Waals surface area contributed by atoms with Crippen LogP contribution in [0.25, 0.3) is 52.0 Å². The molecule has 1 aliphatic carbocycles. The van der Waals surface area contributed by atoms with Crippen LogP contribution in [0.1, 0.15) is 140 Å². The van der Waals surface area contributed by atoms with Crippen LogP contribution in [0, 0.1) is 17.5 Å². The number of ether oxygens (including phenoxy) is 3. The van der Waals surface area contributed by atoms with Gasteiger partial charge in [0, 0.05) is 93.8 Å². The number of likely N-dealkylation sites (tertiary alicyclic amines) is 1. The average molecular weight is 1530 g/mol. The van der Waals surface area contributed by atoms with Crippen molar-refractivity contribution >= 4 is 122 Å². The second kappa shape index (κ2) is 34.0. The third kappa shape index (κ3) is 17.5. The number of piperazine rings is 1. The van der Waals surface area contributed by atoms with E-state index in [0.29, 0.717) is 83.8 Å². The van der Waals surface area contributed by atoms with Crippen LogP contribution >= 0.6 is 69.6 Å². The van der Waals surface area contributed by atoms with Crippen LogP contribution in [0.15, 0.2) is 127 Å². The number of nitrogens with zero attached hydrogens (tertiary/aromatic N) is 9. The Kier molecular flexibility index (Phi) is 24.2. The SMILES string of the molecule is CN1CCN(NC(=O)c2nn(-c3ccc(Cl)cc3Cl)c3c2COC/C3=C\c2ccc(F)cc2)CC1.O=C(NNC1CCCCC1)c1nn(-c2ccc(Cl)cc2Cl)c2c1COC/C2=C\c1ccc(F)cc1.O=C(c1nn(-c2ccc(Cl)cc2Cl)c2c1COC/C2=C\c1ccc(F)cc1)N1CCCCCC1. The molecule has 6 aromatic carbocycles. The number of hydrogen-bond donors (Lipinski definition) is 3. The molecule has 1 saturated carbocycles. The van der Waals surface area contributed by atoms with Crippen molar-refractivity contribution in [3.8, 4) is 17.1 Å². The van der Waals surface area contributed by atoms with Crippen LogP contribution < -0.4 is 16.3 Å². The summed E-state index contributed by atoms with van der Waals surface area (Å²) in [7, 11) is 2.05. The number of likely N-dealkylation sites (N-methyl/N-ethyl adjacent to an activating group) is 1. The van der Waals surface area contributed by atoms with Crippen molar-refractivity contribution in [2.24, 2.45) is 0 Å². The van der Waals surface area contributed by atoms with Gasteiger partial charge >= 0.3 is 0 Å². The van der Waals surface area contributed by atoms with Crippen molar-refractivity contribution in [2.75, 3.05) is 66.1 Å². The van der Waals surface area contributed by atoms with E-state index in [9.17, 15) is 27.6 Å². The number of rotatable bonds is 12. The molecule has 9 aromatic rings. The average Bonchev–Trinajstić information content (AvgIpc) is 1.61. The normalized spacial score (nSPS) is 17.6. The van der Waals surface area contributed by atoms with Gasteiger partial charge in [-0.2, -0.15) is 15.3 Å². The maximum Gasteiger partial charge on any atom is 0.286 e. The number of carbonyl (C=O) groups excluding carboxylic acids is 3. The first kappa shape index (κ1) is 74.2. The molecular formula is C77H73Cl6F3N12O6. The minimum atomic E-state index is -0.331. The van der Waals surface area contributed by atoms with Crippen LogP contribution in [-0.2, 0) is 34.0 Å². The van der Waals surface area contributed by atoms with E-state index in [1.807, 2.05) is 28.1 Å². The highest BCUT2D eigenvalue weighted by Crippen LogP contribution is 2.39. The monoisotopic (exact) mass is 1530 g/mol. The van der Waals surface area contributed by atoms with Gasteiger partial charge in [0.05, 0.1) is 88.9 Å². The molecule has 8 heterocycles. The Morgan fingerprint density at radius 1 is 0.442 bits per heavy atom. The van der Waals surface area contributed by atoms with Crippen molar-refractivity contribution in [1.29, 1.82) is 0 Å². The van der Waals surface area contributed by atoms with Gasteiger partial charge in [-0.05, 0) is 159 Å². The zero-order valence-electron chi connectivity index (χ0n) is 56.7. The summed E-state index contributed by atoms with van der Waals surface area (Å²) in [6.45, 7) is 6.30. The molecule has 3 N–H and O–H groups in total. The molecule has 18 nitrogen and oxygen atoms in total. The number of hydrazine groups is 2. The van der Waals surface area contributed by atoms with Gasteiger partial charge in [0.15, 0.2) is 17.1 Å². The fraction of sp³-hybridized carbons (Fsp3) is 0.299. The van der Waals surface area contributed by atoms with Crippen molar-refractivity contribution < 1.29 is 41.8 Å². The second-order valence-electron chi connectivity index (χ2n) is 26.1. The van der Waals surface area contributed by atoms with Crippen LogP contribution in [0.4, 0.5) is 13.2 Å². The molecule has 2 saturated heterocycles. The Morgan fingerprint density at radius 2 is 0.808 bits per heavy atom. The number of halogens is 9. The minimum absolute atomic E-state index is 0.0892. The number of nitrogens with one attached hydrogen (secondary N) is 3. The van der Waals surface area contributed by atoms with Crippen LogP contribution in [0.3, 0.4) is 0 Å². The summed E-state index contributed by atoms with van der Waals surface area (Å²) < 4.78 is 62.9. The standard InChI is InChI=1S/C26H25Cl2FN4O2.C26H24Cl2FN3O2.C25H24Cl2FN5O2/c27-18-8-11-23(22(28)13-18)33-25-17(12-16-6-9-19(29)10-7-16)14-35-15-21(25)24(32-33)26(34)31-30-20-4-2-1-3-5-20;27-19-7-10-23(22(28)14-19)32-25-18(13-17-5-8-20(29)9-6-17)15-34-16-21(25)24(30-32)26(33)31-11-3-1-2-4-12-31;1-31-8-10-32(11-9-31)30-25(34)23-20-15-35-14-17(12-16-2-5-19(28)6-3-16)24(20)33(29-23)22-7-4-18(26)13-21(22)27/h6-13,20,30H,1-5,14-15H2,(H,31,34);5-10,13-14H,1-4,11-12,15-16H2;2-7,12-13H,8-11,14-15H2,1H3,(H,30,34)/b17-12+;18-13+;17-12+. The summed E-state index contributed by atoms with van der Waals surface area (Å²) in [6, 6.07) is 34.3. The van der Waals surface area contributed by atoms with Crippen molar-refractivity contribution in [3.63, 3.8) is 0 Å². The first-order valence-corrected chi connectivity index (χ1v) is 36.6. The number of fused-ring (bicyclic) bond motifs is 3. The highest BCUT2D eigenvalue weighted by Gasteiger charge is 2.35. The van der Waals surface area contributed by atoms with E-state index < -0.39 is 0 Å². The third-order valence-electron chi connectivity index (χ3n) is 18.7. The van der Waals surface area contributed by atoms with Crippen molar-refractivity contribution in [2.45, 2.75) is 83.6 Å². The summed E-state index contributed by atoms with van der Waals surface area (Å²) in [5, 5.41) is 18.8. The Morgan fingerprint density at radius 3 is 1.20 bits per heavy atom. The van der Waals surface area contributed by atoms with Crippen LogP contribution in [-0.4, -0.2) is 134 Å². The lowest BCUT2D eigenvalue weighted by atomic mass is 9.96. The molecule has 540 valence electrons.